The molecule has 2 aliphatic heterocycles. The van der Waals surface area contributed by atoms with Crippen LogP contribution in [-0.4, -0.2) is 35.1 Å². The molecular formula is C22H23FN2O2. The van der Waals surface area contributed by atoms with Gasteiger partial charge in [-0.15, -0.1) is 0 Å². The van der Waals surface area contributed by atoms with Gasteiger partial charge in [0.15, 0.2) is 0 Å². The molecule has 2 heterocycles. The molecule has 0 bridgehead atoms. The highest BCUT2D eigenvalue weighted by molar-refractivity contribution is 5.82. The van der Waals surface area contributed by atoms with Crippen molar-refractivity contribution >= 4 is 11.6 Å². The summed E-state index contributed by atoms with van der Waals surface area (Å²) in [5, 5.41) is 13.3. The first-order valence-electron chi connectivity index (χ1n) is 9.73. The molecule has 0 spiro atoms. The van der Waals surface area contributed by atoms with Crippen LogP contribution in [0.25, 0.3) is 11.1 Å². The zero-order chi connectivity index (χ0) is 18.5. The van der Waals surface area contributed by atoms with Gasteiger partial charge in [0.1, 0.15) is 5.82 Å². The van der Waals surface area contributed by atoms with Crippen LogP contribution in [0.2, 0.25) is 0 Å². The lowest BCUT2D eigenvalue weighted by Crippen LogP contribution is -2.43. The Bertz CT molecular complexity index is 878. The van der Waals surface area contributed by atoms with Crippen molar-refractivity contribution in [3.8, 4) is 11.1 Å². The number of nitrogens with one attached hydrogen (secondary N) is 1. The minimum atomic E-state index is -0.249. The fourth-order valence-corrected chi connectivity index (χ4v) is 4.70. The van der Waals surface area contributed by atoms with Crippen LogP contribution in [0.4, 0.5) is 10.1 Å². The first-order valence-corrected chi connectivity index (χ1v) is 9.73. The molecule has 0 unspecified atom stereocenters. The minimum Gasteiger partial charge on any atom is -0.394 e. The maximum absolute atomic E-state index is 13.3. The Morgan fingerprint density at radius 3 is 2.56 bits per heavy atom. The monoisotopic (exact) mass is 366 g/mol. The summed E-state index contributed by atoms with van der Waals surface area (Å²) >= 11 is 0. The second kappa shape index (κ2) is 6.34. The lowest BCUT2D eigenvalue weighted by atomic mass is 9.82. The van der Waals surface area contributed by atoms with Crippen molar-refractivity contribution in [1.82, 2.24) is 4.90 Å². The van der Waals surface area contributed by atoms with Gasteiger partial charge in [0, 0.05) is 24.1 Å². The second-order valence-electron chi connectivity index (χ2n) is 7.95. The third kappa shape index (κ3) is 2.81. The Morgan fingerprint density at radius 2 is 1.85 bits per heavy atom. The van der Waals surface area contributed by atoms with Crippen LogP contribution in [0, 0.1) is 17.7 Å². The largest absolute Gasteiger partial charge is 0.394 e. The van der Waals surface area contributed by atoms with E-state index in [0.717, 1.165) is 48.2 Å². The van der Waals surface area contributed by atoms with Crippen LogP contribution in [0.15, 0.2) is 42.5 Å². The Labute approximate surface area is 158 Å². The molecule has 2 aromatic rings. The molecule has 0 aromatic heterocycles. The molecule has 1 saturated heterocycles. The molecule has 1 saturated carbocycles. The Kier molecular flexibility index (Phi) is 3.93. The molecule has 5 heteroatoms. The van der Waals surface area contributed by atoms with Crippen molar-refractivity contribution < 1.29 is 14.3 Å². The van der Waals surface area contributed by atoms with E-state index in [4.69, 9.17) is 0 Å². The number of benzene rings is 2. The molecule has 1 aliphatic carbocycles. The Balaban J connectivity index is 1.57. The molecule has 5 rings (SSSR count). The number of rotatable bonds is 3. The number of likely N-dealkylation sites (tertiary alicyclic amines) is 1. The molecule has 4 nitrogen and oxygen atoms in total. The van der Waals surface area contributed by atoms with Crippen LogP contribution in [0.1, 0.15) is 30.9 Å². The van der Waals surface area contributed by atoms with Gasteiger partial charge < -0.3 is 15.3 Å². The third-order valence-corrected chi connectivity index (χ3v) is 6.26. The molecule has 1 amide bonds. The highest BCUT2D eigenvalue weighted by Crippen LogP contribution is 2.49. The summed E-state index contributed by atoms with van der Waals surface area (Å²) in [7, 11) is 0. The minimum absolute atomic E-state index is 0.00639. The number of hydrogen-bond donors (Lipinski definition) is 2. The van der Waals surface area contributed by atoms with Crippen LogP contribution >= 0.6 is 0 Å². The molecule has 2 N–H and O–H groups in total. The summed E-state index contributed by atoms with van der Waals surface area (Å²) in [5.41, 5.74) is 4.07. The molecule has 2 aromatic carbocycles. The molecule has 2 fully saturated rings. The smallest absolute Gasteiger partial charge is 0.226 e. The predicted molar refractivity (Wildman–Crippen MR) is 102 cm³/mol. The van der Waals surface area contributed by atoms with Gasteiger partial charge in [0.05, 0.1) is 18.7 Å². The van der Waals surface area contributed by atoms with Crippen molar-refractivity contribution in [2.24, 2.45) is 11.8 Å². The standard InChI is InChI=1S/C22H23FN2O2/c23-16-6-3-13(4-7-16)15-5-8-19-18(11-15)21-17(20(12-26)24-19)9-10-25(21)22(27)14-1-2-14/h3-8,11,14,17,20-21,24,26H,1-2,9-10,12H2/t17-,20-,21-/m0/s1. The summed E-state index contributed by atoms with van der Waals surface area (Å²) in [6.45, 7) is 0.814. The van der Waals surface area contributed by atoms with Gasteiger partial charge in [-0.05, 0) is 60.2 Å². The van der Waals surface area contributed by atoms with Gasteiger partial charge in [-0.3, -0.25) is 4.79 Å². The van der Waals surface area contributed by atoms with E-state index in [-0.39, 0.29) is 42.3 Å². The van der Waals surface area contributed by atoms with E-state index in [1.165, 1.54) is 12.1 Å². The van der Waals surface area contributed by atoms with E-state index in [2.05, 4.69) is 11.4 Å². The topological polar surface area (TPSA) is 52.6 Å². The van der Waals surface area contributed by atoms with Gasteiger partial charge in [-0.2, -0.15) is 0 Å². The highest BCUT2D eigenvalue weighted by atomic mass is 19.1. The Morgan fingerprint density at radius 1 is 1.11 bits per heavy atom. The lowest BCUT2D eigenvalue weighted by molar-refractivity contribution is -0.134. The van der Waals surface area contributed by atoms with Crippen LogP contribution < -0.4 is 5.32 Å². The van der Waals surface area contributed by atoms with Crippen molar-refractivity contribution in [2.75, 3.05) is 18.5 Å². The van der Waals surface area contributed by atoms with E-state index in [1.807, 2.05) is 17.0 Å². The second-order valence-corrected chi connectivity index (χ2v) is 7.95. The van der Waals surface area contributed by atoms with E-state index in [0.29, 0.717) is 0 Å². The first kappa shape index (κ1) is 16.8. The number of carbonyl (C=O) groups excluding carboxylic acids is 1. The maximum Gasteiger partial charge on any atom is 0.226 e. The number of nitrogens with zero attached hydrogens (tertiary/aromatic N) is 1. The fraction of sp³-hybridized carbons (Fsp3) is 0.409. The van der Waals surface area contributed by atoms with Crippen LogP contribution in [0.3, 0.4) is 0 Å². The molecule has 3 aliphatic rings. The quantitative estimate of drug-likeness (QED) is 0.873. The molecule has 27 heavy (non-hydrogen) atoms. The summed E-state index contributed by atoms with van der Waals surface area (Å²) in [6.07, 6.45) is 2.90. The summed E-state index contributed by atoms with van der Waals surface area (Å²) in [5.74, 6) is 0.420. The maximum atomic E-state index is 13.3. The van der Waals surface area contributed by atoms with Crippen molar-refractivity contribution in [2.45, 2.75) is 31.3 Å². The number of carbonyl (C=O) groups is 1. The van der Waals surface area contributed by atoms with Crippen molar-refractivity contribution in [3.05, 3.63) is 53.8 Å². The van der Waals surface area contributed by atoms with E-state index >= 15 is 0 Å². The van der Waals surface area contributed by atoms with Gasteiger partial charge in [-0.1, -0.05) is 18.2 Å². The average molecular weight is 366 g/mol. The van der Waals surface area contributed by atoms with Crippen molar-refractivity contribution in [3.63, 3.8) is 0 Å². The number of aliphatic hydroxyl groups is 1. The normalized spacial score (nSPS) is 26.3. The van der Waals surface area contributed by atoms with E-state index in [9.17, 15) is 14.3 Å². The summed E-state index contributed by atoms with van der Waals surface area (Å²) in [6, 6.07) is 12.6. The Hall–Kier alpha value is -2.40. The van der Waals surface area contributed by atoms with Gasteiger partial charge in [0.2, 0.25) is 5.91 Å². The van der Waals surface area contributed by atoms with E-state index in [1.54, 1.807) is 12.1 Å². The zero-order valence-electron chi connectivity index (χ0n) is 15.1. The van der Waals surface area contributed by atoms with Crippen LogP contribution in [0.5, 0.6) is 0 Å². The number of halogens is 1. The molecular weight excluding hydrogens is 343 g/mol. The number of hydrogen-bond acceptors (Lipinski definition) is 3. The fourth-order valence-electron chi connectivity index (χ4n) is 4.70. The number of aliphatic hydroxyl groups excluding tert-OH is 1. The third-order valence-electron chi connectivity index (χ3n) is 6.26. The number of amides is 1. The van der Waals surface area contributed by atoms with Gasteiger partial charge >= 0.3 is 0 Å². The summed E-state index contributed by atoms with van der Waals surface area (Å²) < 4.78 is 13.3. The van der Waals surface area contributed by atoms with Gasteiger partial charge in [0.25, 0.3) is 0 Å². The first-order chi connectivity index (χ1) is 13.2. The van der Waals surface area contributed by atoms with Crippen molar-refractivity contribution in [1.29, 1.82) is 0 Å². The van der Waals surface area contributed by atoms with Gasteiger partial charge in [-0.25, -0.2) is 4.39 Å². The molecule has 0 radical (unpaired) electrons. The summed E-state index contributed by atoms with van der Waals surface area (Å²) in [4.78, 5) is 14.9. The molecule has 140 valence electrons. The SMILES string of the molecule is O=C(C1CC1)N1CC[C@H]2[C@H](CO)Nc3ccc(-c4ccc(F)cc4)cc3[C@H]21. The zero-order valence-corrected chi connectivity index (χ0v) is 15.1. The highest BCUT2D eigenvalue weighted by Gasteiger charge is 2.48. The average Bonchev–Trinajstić information content (AvgIpc) is 3.45. The predicted octanol–water partition coefficient (Wildman–Crippen LogP) is 3.58. The van der Waals surface area contributed by atoms with Crippen LogP contribution in [-0.2, 0) is 4.79 Å². The lowest BCUT2D eigenvalue weighted by Gasteiger charge is -2.39. The number of anilines is 1. The number of fused-ring (bicyclic) bond motifs is 3. The molecule has 3 atom stereocenters. The van der Waals surface area contributed by atoms with E-state index < -0.39 is 0 Å².